The molecule has 108 valence electrons. The van der Waals surface area contributed by atoms with E-state index in [9.17, 15) is 5.26 Å². The second kappa shape index (κ2) is 4.34. The van der Waals surface area contributed by atoms with E-state index in [-0.39, 0.29) is 0 Å². The minimum atomic E-state index is 0.297. The number of allylic oxidation sites excluding steroid dienone is 1. The minimum absolute atomic E-state index is 0.297. The summed E-state index contributed by atoms with van der Waals surface area (Å²) in [4.78, 5) is 0. The Hall–Kier alpha value is -0.810. The van der Waals surface area contributed by atoms with Gasteiger partial charge in [-0.3, -0.25) is 0 Å². The predicted molar refractivity (Wildman–Crippen MR) is 79.8 cm³/mol. The monoisotopic (exact) mass is 271 g/mol. The molecule has 3 aliphatic carbocycles. The molecule has 0 N–H and O–H groups in total. The van der Waals surface area contributed by atoms with Crippen molar-refractivity contribution in [2.24, 2.45) is 17.8 Å². The molecule has 4 rings (SSSR count). The first-order valence-electron chi connectivity index (χ1n) is 8.65. The number of nitrogens with zero attached hydrogens (tertiary/aromatic N) is 2. The van der Waals surface area contributed by atoms with E-state index in [0.717, 1.165) is 18.3 Å². The van der Waals surface area contributed by atoms with Crippen LogP contribution in [0.25, 0.3) is 0 Å². The third kappa shape index (κ3) is 1.43. The minimum Gasteiger partial charge on any atom is -0.320 e. The lowest BCUT2D eigenvalue weighted by Gasteiger charge is -2.65. The van der Waals surface area contributed by atoms with Gasteiger partial charge in [0.05, 0.1) is 26.2 Å². The SMILES string of the molecule is C[N+]1(C23CCC4CCCC=C4C2CC3C#N)CCCC1. The summed E-state index contributed by atoms with van der Waals surface area (Å²) in [6, 6.07) is 2.70. The van der Waals surface area contributed by atoms with Crippen LogP contribution in [-0.2, 0) is 0 Å². The lowest BCUT2D eigenvalue weighted by atomic mass is 9.47. The van der Waals surface area contributed by atoms with Crippen LogP contribution < -0.4 is 0 Å². The Labute approximate surface area is 123 Å². The van der Waals surface area contributed by atoms with Crippen LogP contribution in [0.1, 0.15) is 51.4 Å². The summed E-state index contributed by atoms with van der Waals surface area (Å²) in [6.45, 7) is 2.62. The van der Waals surface area contributed by atoms with Crippen LogP contribution in [0.15, 0.2) is 11.6 Å². The molecule has 2 nitrogen and oxygen atoms in total. The van der Waals surface area contributed by atoms with Gasteiger partial charge in [-0.15, -0.1) is 0 Å². The Balaban J connectivity index is 1.75. The van der Waals surface area contributed by atoms with Gasteiger partial charge in [0.25, 0.3) is 0 Å². The maximum absolute atomic E-state index is 9.68. The third-order valence-electron chi connectivity index (χ3n) is 7.30. The highest BCUT2D eigenvalue weighted by atomic mass is 15.4. The molecule has 4 aliphatic rings. The van der Waals surface area contributed by atoms with Crippen molar-refractivity contribution in [3.63, 3.8) is 0 Å². The zero-order chi connectivity index (χ0) is 13.8. The fraction of sp³-hybridized carbons (Fsp3) is 0.833. The summed E-state index contributed by atoms with van der Waals surface area (Å²) in [6.07, 6.45) is 13.2. The standard InChI is InChI=1S/C18H27N2/c1-20(10-4-5-11-20)18-9-8-14-6-2-3-7-16(14)17(18)12-15(18)13-19/h7,14-15,17H,2-6,8-12H2,1H3/q+1. The molecule has 4 atom stereocenters. The van der Waals surface area contributed by atoms with Crippen LogP contribution in [0, 0.1) is 29.1 Å². The molecular formula is C18H27N2+. The maximum Gasteiger partial charge on any atom is 0.122 e. The van der Waals surface area contributed by atoms with E-state index >= 15 is 0 Å². The van der Waals surface area contributed by atoms with Crippen molar-refractivity contribution in [3.05, 3.63) is 11.6 Å². The highest BCUT2D eigenvalue weighted by Crippen LogP contribution is 2.63. The Kier molecular flexibility index (Phi) is 2.80. The summed E-state index contributed by atoms with van der Waals surface area (Å²) < 4.78 is 1.21. The zero-order valence-electron chi connectivity index (χ0n) is 12.8. The van der Waals surface area contributed by atoms with Gasteiger partial charge >= 0.3 is 0 Å². The van der Waals surface area contributed by atoms with E-state index in [1.165, 1.54) is 62.5 Å². The van der Waals surface area contributed by atoms with Gasteiger partial charge in [-0.05, 0) is 38.0 Å². The van der Waals surface area contributed by atoms with Crippen molar-refractivity contribution in [1.29, 1.82) is 5.26 Å². The molecule has 1 saturated heterocycles. The molecule has 1 heterocycles. The van der Waals surface area contributed by atoms with Crippen molar-refractivity contribution < 1.29 is 4.48 Å². The lowest BCUT2D eigenvalue weighted by Crippen LogP contribution is -2.75. The molecule has 0 bridgehead atoms. The summed E-state index contributed by atoms with van der Waals surface area (Å²) in [5.74, 6) is 1.93. The topological polar surface area (TPSA) is 23.8 Å². The number of fused-ring (bicyclic) bond motifs is 3. The van der Waals surface area contributed by atoms with Gasteiger partial charge in [-0.1, -0.05) is 11.6 Å². The molecule has 0 amide bonds. The molecule has 0 aromatic carbocycles. The Morgan fingerprint density at radius 1 is 1.25 bits per heavy atom. The summed E-state index contributed by atoms with van der Waals surface area (Å²) in [7, 11) is 2.47. The van der Waals surface area contributed by atoms with Gasteiger partial charge in [0, 0.05) is 25.2 Å². The highest BCUT2D eigenvalue weighted by Gasteiger charge is 2.69. The number of nitriles is 1. The van der Waals surface area contributed by atoms with Gasteiger partial charge in [0.2, 0.25) is 0 Å². The van der Waals surface area contributed by atoms with Crippen molar-refractivity contribution in [1.82, 2.24) is 0 Å². The van der Waals surface area contributed by atoms with Crippen molar-refractivity contribution in [2.75, 3.05) is 20.1 Å². The van der Waals surface area contributed by atoms with Crippen molar-refractivity contribution in [2.45, 2.75) is 56.9 Å². The number of quaternary nitrogens is 1. The highest BCUT2D eigenvalue weighted by molar-refractivity contribution is 5.30. The third-order valence-corrected chi connectivity index (χ3v) is 7.30. The molecule has 1 aliphatic heterocycles. The first-order chi connectivity index (χ1) is 9.71. The largest absolute Gasteiger partial charge is 0.320 e. The number of likely N-dealkylation sites (tertiary alicyclic amines) is 1. The molecule has 0 aromatic heterocycles. The Bertz CT molecular complexity index is 480. The van der Waals surface area contributed by atoms with Crippen molar-refractivity contribution in [3.8, 4) is 6.07 Å². The summed E-state index contributed by atoms with van der Waals surface area (Å²) in [5.41, 5.74) is 2.07. The van der Waals surface area contributed by atoms with Gasteiger partial charge in [-0.2, -0.15) is 5.26 Å². The fourth-order valence-electron chi connectivity index (χ4n) is 6.25. The average Bonchev–Trinajstić information content (AvgIpc) is 2.87. The number of rotatable bonds is 1. The van der Waals surface area contributed by atoms with Gasteiger partial charge in [0.1, 0.15) is 11.5 Å². The van der Waals surface area contributed by atoms with Crippen LogP contribution in [-0.4, -0.2) is 30.2 Å². The molecule has 4 unspecified atom stereocenters. The van der Waals surface area contributed by atoms with E-state index in [1.807, 2.05) is 0 Å². The van der Waals surface area contributed by atoms with Crippen LogP contribution >= 0.6 is 0 Å². The second-order valence-corrected chi connectivity index (χ2v) is 7.88. The van der Waals surface area contributed by atoms with Gasteiger partial charge in [-0.25, -0.2) is 0 Å². The van der Waals surface area contributed by atoms with Crippen LogP contribution in [0.4, 0.5) is 0 Å². The first kappa shape index (κ1) is 12.9. The summed E-state index contributed by atoms with van der Waals surface area (Å²) >= 11 is 0. The number of hydrogen-bond acceptors (Lipinski definition) is 1. The van der Waals surface area contributed by atoms with E-state index in [0.29, 0.717) is 11.5 Å². The molecule has 20 heavy (non-hydrogen) atoms. The zero-order valence-corrected chi connectivity index (χ0v) is 12.8. The molecule has 2 saturated carbocycles. The molecule has 0 aromatic rings. The maximum atomic E-state index is 9.68. The molecular weight excluding hydrogens is 244 g/mol. The average molecular weight is 271 g/mol. The summed E-state index contributed by atoms with van der Waals surface area (Å²) in [5, 5.41) is 9.68. The molecule has 0 radical (unpaired) electrons. The van der Waals surface area contributed by atoms with E-state index in [2.05, 4.69) is 19.2 Å². The first-order valence-corrected chi connectivity index (χ1v) is 8.65. The van der Waals surface area contributed by atoms with Gasteiger partial charge < -0.3 is 4.48 Å². The van der Waals surface area contributed by atoms with E-state index in [1.54, 1.807) is 5.57 Å². The smallest absolute Gasteiger partial charge is 0.122 e. The normalized spacial score (nSPS) is 45.6. The van der Waals surface area contributed by atoms with E-state index in [4.69, 9.17) is 0 Å². The molecule has 2 heteroatoms. The molecule has 0 spiro atoms. The lowest BCUT2D eigenvalue weighted by molar-refractivity contribution is -0.964. The fourth-order valence-corrected chi connectivity index (χ4v) is 6.25. The number of hydrogen-bond donors (Lipinski definition) is 0. The van der Waals surface area contributed by atoms with Crippen molar-refractivity contribution >= 4 is 0 Å². The Morgan fingerprint density at radius 2 is 2.05 bits per heavy atom. The van der Waals surface area contributed by atoms with E-state index < -0.39 is 0 Å². The Morgan fingerprint density at radius 3 is 2.80 bits per heavy atom. The van der Waals surface area contributed by atoms with Crippen LogP contribution in [0.5, 0.6) is 0 Å². The second-order valence-electron chi connectivity index (χ2n) is 7.88. The van der Waals surface area contributed by atoms with Crippen LogP contribution in [0.3, 0.4) is 0 Å². The molecule has 3 fully saturated rings. The van der Waals surface area contributed by atoms with Crippen LogP contribution in [0.2, 0.25) is 0 Å². The quantitative estimate of drug-likeness (QED) is 0.527. The van der Waals surface area contributed by atoms with Gasteiger partial charge in [0.15, 0.2) is 0 Å². The predicted octanol–water partition coefficient (Wildman–Crippen LogP) is 3.65.